The average Bonchev–Trinajstić information content (AvgIpc) is 2.99. The number of rotatable bonds is 8. The van der Waals surface area contributed by atoms with Gasteiger partial charge in [-0.3, -0.25) is 14.2 Å². The van der Waals surface area contributed by atoms with Gasteiger partial charge in [-0.15, -0.1) is 11.3 Å². The summed E-state index contributed by atoms with van der Waals surface area (Å²) < 4.78 is 1.53. The normalized spacial score (nSPS) is 11.0. The second-order valence-corrected chi connectivity index (χ2v) is 8.12. The zero-order chi connectivity index (χ0) is 20.1. The highest BCUT2D eigenvalue weighted by Gasteiger charge is 2.12. The van der Waals surface area contributed by atoms with E-state index in [0.717, 1.165) is 33.9 Å². The van der Waals surface area contributed by atoms with E-state index in [4.69, 9.17) is 0 Å². The molecule has 0 atom stereocenters. The van der Waals surface area contributed by atoms with E-state index in [0.29, 0.717) is 18.5 Å². The maximum atomic E-state index is 12.6. The minimum absolute atomic E-state index is 0.0485. The van der Waals surface area contributed by atoms with Crippen LogP contribution in [0.5, 0.6) is 0 Å². The van der Waals surface area contributed by atoms with Gasteiger partial charge in [0.25, 0.3) is 5.56 Å². The van der Waals surface area contributed by atoms with Gasteiger partial charge in [-0.05, 0) is 38.0 Å². The van der Waals surface area contributed by atoms with Crippen molar-refractivity contribution < 1.29 is 4.79 Å². The molecule has 7 heteroatoms. The van der Waals surface area contributed by atoms with Crippen LogP contribution < -0.4 is 15.8 Å². The first-order valence-corrected chi connectivity index (χ1v) is 10.3. The predicted octanol–water partition coefficient (Wildman–Crippen LogP) is 3.11. The van der Waals surface area contributed by atoms with Crippen LogP contribution in [0.1, 0.15) is 23.3 Å². The first-order chi connectivity index (χ1) is 13.5. The summed E-state index contributed by atoms with van der Waals surface area (Å²) in [4.78, 5) is 33.2. The molecule has 0 aliphatic heterocycles. The number of carbonyl (C=O) groups is 1. The van der Waals surface area contributed by atoms with E-state index in [2.05, 4.69) is 27.3 Å². The van der Waals surface area contributed by atoms with Crippen molar-refractivity contribution in [1.82, 2.24) is 14.9 Å². The zero-order valence-corrected chi connectivity index (χ0v) is 17.4. The number of amides is 1. The molecule has 1 N–H and O–H groups in total. The lowest BCUT2D eigenvalue weighted by molar-refractivity contribution is -0.121. The van der Waals surface area contributed by atoms with E-state index < -0.39 is 0 Å². The Morgan fingerprint density at radius 1 is 1.25 bits per heavy atom. The molecule has 3 rings (SSSR count). The molecule has 0 saturated carbocycles. The summed E-state index contributed by atoms with van der Waals surface area (Å²) in [6.45, 7) is 5.76. The van der Waals surface area contributed by atoms with E-state index >= 15 is 0 Å². The number of benzene rings is 1. The largest absolute Gasteiger partial charge is 0.375 e. The molecule has 6 nitrogen and oxygen atoms in total. The molecule has 1 aromatic carbocycles. The Morgan fingerprint density at radius 3 is 2.75 bits per heavy atom. The number of para-hydroxylation sites is 1. The molecule has 0 aliphatic carbocycles. The molecular formula is C21H26N4O2S. The second kappa shape index (κ2) is 9.01. The number of hydrogen-bond acceptors (Lipinski definition) is 5. The molecule has 0 bridgehead atoms. The lowest BCUT2D eigenvalue weighted by Gasteiger charge is -2.19. The zero-order valence-electron chi connectivity index (χ0n) is 16.6. The van der Waals surface area contributed by atoms with Crippen LogP contribution in [0.2, 0.25) is 0 Å². The number of fused-ring (bicyclic) bond motifs is 1. The van der Waals surface area contributed by atoms with E-state index in [1.54, 1.807) is 6.33 Å². The number of aromatic nitrogens is 2. The van der Waals surface area contributed by atoms with Crippen molar-refractivity contribution in [2.75, 3.05) is 25.0 Å². The van der Waals surface area contributed by atoms with Crippen LogP contribution >= 0.6 is 11.3 Å². The molecule has 0 spiro atoms. The van der Waals surface area contributed by atoms with Crippen molar-refractivity contribution in [3.8, 4) is 0 Å². The van der Waals surface area contributed by atoms with Gasteiger partial charge in [0.2, 0.25) is 5.91 Å². The van der Waals surface area contributed by atoms with Gasteiger partial charge in [-0.25, -0.2) is 4.98 Å². The minimum atomic E-state index is -0.0656. The Hall–Kier alpha value is -2.67. The summed E-state index contributed by atoms with van der Waals surface area (Å²) in [5, 5.41) is 3.61. The molecule has 3 aromatic rings. The number of hydrogen-bond donors (Lipinski definition) is 1. The Kier molecular flexibility index (Phi) is 6.46. The fraction of sp³-hybridized carbons (Fsp3) is 0.381. The van der Waals surface area contributed by atoms with Crippen LogP contribution in [0.15, 0.2) is 41.5 Å². The standard InChI is InChI=1S/C21H26N4O2S/c1-15-16(2)28-20-19(15)21(27)25(14-23-20)13-10-18(26)22-11-7-12-24(3)17-8-5-4-6-9-17/h4-6,8-9,14H,7,10-13H2,1-3H3,(H,22,26). The molecule has 0 aliphatic rings. The molecule has 2 heterocycles. The van der Waals surface area contributed by atoms with Gasteiger partial charge in [0.05, 0.1) is 11.7 Å². The smallest absolute Gasteiger partial charge is 0.262 e. The molecule has 2 aromatic heterocycles. The highest BCUT2D eigenvalue weighted by molar-refractivity contribution is 7.18. The highest BCUT2D eigenvalue weighted by Crippen LogP contribution is 2.25. The van der Waals surface area contributed by atoms with Crippen molar-refractivity contribution in [2.45, 2.75) is 33.2 Å². The fourth-order valence-electron chi connectivity index (χ4n) is 3.10. The van der Waals surface area contributed by atoms with Crippen LogP contribution in [0, 0.1) is 13.8 Å². The summed E-state index contributed by atoms with van der Waals surface area (Å²) in [6.07, 6.45) is 2.67. The molecule has 0 unspecified atom stereocenters. The van der Waals surface area contributed by atoms with Crippen LogP contribution in [-0.4, -0.2) is 35.6 Å². The molecule has 0 fully saturated rings. The summed E-state index contributed by atoms with van der Waals surface area (Å²) in [7, 11) is 2.04. The Balaban J connectivity index is 1.46. The van der Waals surface area contributed by atoms with Gasteiger partial charge in [-0.2, -0.15) is 0 Å². The third-order valence-electron chi connectivity index (χ3n) is 4.93. The topological polar surface area (TPSA) is 67.2 Å². The van der Waals surface area contributed by atoms with Crippen LogP contribution in [0.3, 0.4) is 0 Å². The molecule has 0 radical (unpaired) electrons. The van der Waals surface area contributed by atoms with Gasteiger partial charge in [0.1, 0.15) is 4.83 Å². The monoisotopic (exact) mass is 398 g/mol. The molecule has 28 heavy (non-hydrogen) atoms. The van der Waals surface area contributed by atoms with E-state index in [9.17, 15) is 9.59 Å². The SMILES string of the molecule is Cc1sc2ncn(CCC(=O)NCCCN(C)c3ccccc3)c(=O)c2c1C. The van der Waals surface area contributed by atoms with E-state index in [1.165, 1.54) is 15.9 Å². The maximum Gasteiger partial charge on any atom is 0.262 e. The summed E-state index contributed by atoms with van der Waals surface area (Å²) >= 11 is 1.53. The Morgan fingerprint density at radius 2 is 2.00 bits per heavy atom. The summed E-state index contributed by atoms with van der Waals surface area (Å²) in [6, 6.07) is 10.2. The first-order valence-electron chi connectivity index (χ1n) is 9.45. The number of thiophene rings is 1. The van der Waals surface area contributed by atoms with Crippen LogP contribution in [-0.2, 0) is 11.3 Å². The first kappa shape index (κ1) is 20.1. The number of aryl methyl sites for hydroxylation is 3. The van der Waals surface area contributed by atoms with Crippen molar-refractivity contribution in [2.24, 2.45) is 0 Å². The molecule has 0 saturated heterocycles. The number of nitrogens with one attached hydrogen (secondary N) is 1. The fourth-order valence-corrected chi connectivity index (χ4v) is 4.08. The van der Waals surface area contributed by atoms with Gasteiger partial charge >= 0.3 is 0 Å². The summed E-state index contributed by atoms with van der Waals surface area (Å²) in [5.41, 5.74) is 2.08. The van der Waals surface area contributed by atoms with Gasteiger partial charge < -0.3 is 10.2 Å². The quantitative estimate of drug-likeness (QED) is 0.592. The highest BCUT2D eigenvalue weighted by atomic mass is 32.1. The predicted molar refractivity (Wildman–Crippen MR) is 115 cm³/mol. The van der Waals surface area contributed by atoms with Gasteiger partial charge in [0, 0.05) is 43.7 Å². The minimum Gasteiger partial charge on any atom is -0.375 e. The van der Waals surface area contributed by atoms with Crippen molar-refractivity contribution in [1.29, 1.82) is 0 Å². The lowest BCUT2D eigenvalue weighted by atomic mass is 10.2. The van der Waals surface area contributed by atoms with Crippen molar-refractivity contribution in [3.63, 3.8) is 0 Å². The van der Waals surface area contributed by atoms with Gasteiger partial charge in [0.15, 0.2) is 0 Å². The Labute approximate surface area is 168 Å². The summed E-state index contributed by atoms with van der Waals surface area (Å²) in [5.74, 6) is -0.0485. The third-order valence-corrected chi connectivity index (χ3v) is 6.04. The third kappa shape index (κ3) is 4.59. The molecular weight excluding hydrogens is 372 g/mol. The molecule has 148 valence electrons. The number of nitrogens with zero attached hydrogens (tertiary/aromatic N) is 3. The maximum absolute atomic E-state index is 12.6. The lowest BCUT2D eigenvalue weighted by Crippen LogP contribution is -2.30. The Bertz CT molecular complexity index is 1010. The molecule has 1 amide bonds. The second-order valence-electron chi connectivity index (χ2n) is 6.92. The van der Waals surface area contributed by atoms with E-state index in [-0.39, 0.29) is 17.9 Å². The number of anilines is 1. The van der Waals surface area contributed by atoms with Crippen LogP contribution in [0.4, 0.5) is 5.69 Å². The average molecular weight is 399 g/mol. The van der Waals surface area contributed by atoms with Crippen molar-refractivity contribution >= 4 is 33.1 Å². The van der Waals surface area contributed by atoms with E-state index in [1.807, 2.05) is 39.1 Å². The van der Waals surface area contributed by atoms with Gasteiger partial charge in [-0.1, -0.05) is 18.2 Å². The van der Waals surface area contributed by atoms with Crippen LogP contribution in [0.25, 0.3) is 10.2 Å². The number of carbonyl (C=O) groups excluding carboxylic acids is 1. The van der Waals surface area contributed by atoms with Crippen molar-refractivity contribution in [3.05, 3.63) is 57.5 Å².